The van der Waals surface area contributed by atoms with Crippen LogP contribution < -0.4 is 5.73 Å². The van der Waals surface area contributed by atoms with Crippen LogP contribution in [0.15, 0.2) is 0 Å². The van der Waals surface area contributed by atoms with Gasteiger partial charge >= 0.3 is 0 Å². The molecule has 1 saturated carbocycles. The molecule has 0 aromatic rings. The van der Waals surface area contributed by atoms with Crippen molar-refractivity contribution in [3.05, 3.63) is 0 Å². The lowest BCUT2D eigenvalue weighted by atomic mass is 9.82. The minimum absolute atomic E-state index is 0.0303. The SMILES string of the molecule is CCCC1(N)CN(C(=O)C2CCC(F)(F)CC2)C1. The first kappa shape index (κ1) is 13.7. The van der Waals surface area contributed by atoms with Crippen LogP contribution in [-0.2, 0) is 4.79 Å². The molecule has 0 radical (unpaired) electrons. The van der Waals surface area contributed by atoms with Gasteiger partial charge < -0.3 is 10.6 Å². The Morgan fingerprint density at radius 1 is 1.33 bits per heavy atom. The number of amides is 1. The minimum Gasteiger partial charge on any atom is -0.339 e. The summed E-state index contributed by atoms with van der Waals surface area (Å²) in [6, 6.07) is 0. The quantitative estimate of drug-likeness (QED) is 0.845. The zero-order chi connectivity index (χ0) is 13.4. The molecule has 2 rings (SSSR count). The van der Waals surface area contributed by atoms with Gasteiger partial charge in [-0.1, -0.05) is 13.3 Å². The Bertz CT molecular complexity index is 317. The van der Waals surface area contributed by atoms with Crippen LogP contribution in [-0.4, -0.2) is 35.4 Å². The van der Waals surface area contributed by atoms with Crippen LogP contribution in [0.1, 0.15) is 45.4 Å². The monoisotopic (exact) mass is 260 g/mol. The Morgan fingerprint density at radius 3 is 2.39 bits per heavy atom. The maximum Gasteiger partial charge on any atom is 0.248 e. The van der Waals surface area contributed by atoms with Gasteiger partial charge in [0.15, 0.2) is 0 Å². The van der Waals surface area contributed by atoms with E-state index < -0.39 is 5.92 Å². The van der Waals surface area contributed by atoms with Gasteiger partial charge in [-0.15, -0.1) is 0 Å². The van der Waals surface area contributed by atoms with E-state index in [1.165, 1.54) is 0 Å². The molecule has 0 bridgehead atoms. The van der Waals surface area contributed by atoms with Gasteiger partial charge in [0.2, 0.25) is 11.8 Å². The van der Waals surface area contributed by atoms with Gasteiger partial charge in [0.25, 0.3) is 0 Å². The van der Waals surface area contributed by atoms with E-state index >= 15 is 0 Å². The van der Waals surface area contributed by atoms with Crippen molar-refractivity contribution in [1.82, 2.24) is 4.90 Å². The number of hydrogen-bond acceptors (Lipinski definition) is 2. The van der Waals surface area contributed by atoms with E-state index in [0.717, 1.165) is 12.8 Å². The summed E-state index contributed by atoms with van der Waals surface area (Å²) >= 11 is 0. The van der Waals surface area contributed by atoms with E-state index in [-0.39, 0.29) is 30.2 Å². The fourth-order valence-corrected chi connectivity index (χ4v) is 3.07. The standard InChI is InChI=1S/C13H22F2N2O/c1-2-5-12(16)8-17(9-12)11(18)10-3-6-13(14,15)7-4-10/h10H,2-9,16H2,1H3. The predicted octanol–water partition coefficient (Wildman–Crippen LogP) is 2.15. The number of rotatable bonds is 3. The molecule has 2 N–H and O–H groups in total. The van der Waals surface area contributed by atoms with Crippen LogP contribution >= 0.6 is 0 Å². The second-order valence-electron chi connectivity index (χ2n) is 5.94. The third kappa shape index (κ3) is 2.82. The summed E-state index contributed by atoms with van der Waals surface area (Å²) in [4.78, 5) is 13.8. The highest BCUT2D eigenvalue weighted by atomic mass is 19.3. The number of carbonyl (C=O) groups is 1. The number of likely N-dealkylation sites (tertiary alicyclic amines) is 1. The van der Waals surface area contributed by atoms with Gasteiger partial charge in [-0.3, -0.25) is 4.79 Å². The molecular weight excluding hydrogens is 238 g/mol. The number of alkyl halides is 2. The van der Waals surface area contributed by atoms with Gasteiger partial charge in [0.05, 0.1) is 5.54 Å². The van der Waals surface area contributed by atoms with E-state index in [1.807, 2.05) is 0 Å². The lowest BCUT2D eigenvalue weighted by Crippen LogP contribution is -2.69. The normalized spacial score (nSPS) is 26.8. The van der Waals surface area contributed by atoms with Crippen LogP contribution in [0.5, 0.6) is 0 Å². The zero-order valence-electron chi connectivity index (χ0n) is 10.9. The third-order valence-electron chi connectivity index (χ3n) is 4.14. The highest BCUT2D eigenvalue weighted by Crippen LogP contribution is 2.38. The molecule has 0 spiro atoms. The number of nitrogens with two attached hydrogens (primary N) is 1. The zero-order valence-corrected chi connectivity index (χ0v) is 10.9. The minimum atomic E-state index is -2.56. The first-order valence-corrected chi connectivity index (χ1v) is 6.81. The van der Waals surface area contributed by atoms with Crippen molar-refractivity contribution in [2.24, 2.45) is 11.7 Å². The smallest absolute Gasteiger partial charge is 0.248 e. The topological polar surface area (TPSA) is 46.3 Å². The first-order valence-electron chi connectivity index (χ1n) is 6.81. The van der Waals surface area contributed by atoms with Gasteiger partial charge in [-0.2, -0.15) is 0 Å². The van der Waals surface area contributed by atoms with Gasteiger partial charge in [0.1, 0.15) is 0 Å². The highest BCUT2D eigenvalue weighted by molar-refractivity contribution is 5.80. The molecule has 104 valence electrons. The number of halogens is 2. The maximum atomic E-state index is 13.0. The molecule has 0 aromatic carbocycles. The molecule has 0 atom stereocenters. The van der Waals surface area contributed by atoms with Crippen molar-refractivity contribution in [1.29, 1.82) is 0 Å². The third-order valence-corrected chi connectivity index (χ3v) is 4.14. The Balaban J connectivity index is 1.81. The summed E-state index contributed by atoms with van der Waals surface area (Å²) in [5.74, 6) is -2.75. The first-order chi connectivity index (χ1) is 8.35. The molecule has 1 amide bonds. The van der Waals surface area contributed by atoms with Gasteiger partial charge in [-0.25, -0.2) is 8.78 Å². The summed E-state index contributed by atoms with van der Waals surface area (Å²) < 4.78 is 26.0. The van der Waals surface area contributed by atoms with Crippen LogP contribution in [0.3, 0.4) is 0 Å². The molecule has 0 aromatic heterocycles. The van der Waals surface area contributed by atoms with Crippen LogP contribution in [0.2, 0.25) is 0 Å². The maximum absolute atomic E-state index is 13.0. The second kappa shape index (κ2) is 4.76. The summed E-state index contributed by atoms with van der Waals surface area (Å²) in [7, 11) is 0. The van der Waals surface area contributed by atoms with E-state index in [9.17, 15) is 13.6 Å². The second-order valence-corrected chi connectivity index (χ2v) is 5.94. The molecule has 5 heteroatoms. The molecule has 2 aliphatic rings. The van der Waals surface area contributed by atoms with Gasteiger partial charge in [-0.05, 0) is 19.3 Å². The summed E-state index contributed by atoms with van der Waals surface area (Å²) in [6.45, 7) is 3.25. The van der Waals surface area contributed by atoms with Crippen molar-refractivity contribution in [3.63, 3.8) is 0 Å². The summed E-state index contributed by atoms with van der Waals surface area (Å²) in [5.41, 5.74) is 5.87. The van der Waals surface area contributed by atoms with E-state index in [4.69, 9.17) is 5.73 Å². The lowest BCUT2D eigenvalue weighted by molar-refractivity contribution is -0.147. The Labute approximate surface area is 107 Å². The van der Waals surface area contributed by atoms with Crippen molar-refractivity contribution in [3.8, 4) is 0 Å². The average molecular weight is 260 g/mol. The molecule has 3 nitrogen and oxygen atoms in total. The van der Waals surface area contributed by atoms with E-state index in [2.05, 4.69) is 6.92 Å². The fraction of sp³-hybridized carbons (Fsp3) is 0.923. The molecule has 18 heavy (non-hydrogen) atoms. The molecule has 2 fully saturated rings. The lowest BCUT2D eigenvalue weighted by Gasteiger charge is -2.49. The van der Waals surface area contributed by atoms with Crippen molar-refractivity contribution in [2.75, 3.05) is 13.1 Å². The summed E-state index contributed by atoms with van der Waals surface area (Å²) in [5, 5.41) is 0. The van der Waals surface area contributed by atoms with Crippen LogP contribution in [0.25, 0.3) is 0 Å². The van der Waals surface area contributed by atoms with Crippen LogP contribution in [0, 0.1) is 5.92 Å². The Hall–Kier alpha value is -0.710. The number of hydrogen-bond donors (Lipinski definition) is 1. The number of nitrogens with zero attached hydrogens (tertiary/aromatic N) is 1. The molecule has 1 saturated heterocycles. The predicted molar refractivity (Wildman–Crippen MR) is 65.3 cm³/mol. The van der Waals surface area contributed by atoms with Gasteiger partial charge in [0, 0.05) is 31.8 Å². The fourth-order valence-electron chi connectivity index (χ4n) is 3.07. The van der Waals surface area contributed by atoms with Crippen molar-refractivity contribution in [2.45, 2.75) is 56.9 Å². The average Bonchev–Trinajstić information content (AvgIpc) is 2.25. The molecular formula is C13H22F2N2O. The van der Waals surface area contributed by atoms with Crippen molar-refractivity contribution < 1.29 is 13.6 Å². The Morgan fingerprint density at radius 2 is 1.89 bits per heavy atom. The molecule has 1 aliphatic carbocycles. The van der Waals surface area contributed by atoms with Crippen LogP contribution in [0.4, 0.5) is 8.78 Å². The molecule has 1 heterocycles. The largest absolute Gasteiger partial charge is 0.339 e. The van der Waals surface area contributed by atoms with E-state index in [0.29, 0.717) is 25.9 Å². The molecule has 1 aliphatic heterocycles. The summed E-state index contributed by atoms with van der Waals surface area (Å²) in [6.07, 6.45) is 2.25. The van der Waals surface area contributed by atoms with Crippen molar-refractivity contribution >= 4 is 5.91 Å². The van der Waals surface area contributed by atoms with E-state index in [1.54, 1.807) is 4.90 Å². The highest BCUT2D eigenvalue weighted by Gasteiger charge is 2.45. The molecule has 0 unspecified atom stereocenters. The number of carbonyl (C=O) groups excluding carboxylic acids is 1. The Kier molecular flexibility index (Phi) is 3.63.